The lowest BCUT2D eigenvalue weighted by Crippen LogP contribution is -2.12. The Labute approximate surface area is 156 Å². The molecular formula is C20H20N2O3S. The van der Waals surface area contributed by atoms with Gasteiger partial charge < -0.3 is 14.8 Å². The molecule has 0 unspecified atom stereocenters. The van der Waals surface area contributed by atoms with Crippen LogP contribution in [0.5, 0.6) is 11.5 Å². The summed E-state index contributed by atoms with van der Waals surface area (Å²) in [6.45, 7) is 2.54. The van der Waals surface area contributed by atoms with E-state index in [9.17, 15) is 4.79 Å². The summed E-state index contributed by atoms with van der Waals surface area (Å²) in [4.78, 5) is 16.8. The number of rotatable bonds is 7. The topological polar surface area (TPSA) is 60.5 Å². The number of amides is 1. The van der Waals surface area contributed by atoms with Crippen molar-refractivity contribution in [2.24, 2.45) is 0 Å². The quantitative estimate of drug-likeness (QED) is 0.672. The van der Waals surface area contributed by atoms with Crippen LogP contribution in [0, 0.1) is 0 Å². The molecule has 0 aliphatic rings. The van der Waals surface area contributed by atoms with E-state index in [4.69, 9.17) is 9.47 Å². The van der Waals surface area contributed by atoms with Gasteiger partial charge in [-0.1, -0.05) is 12.1 Å². The smallest absolute Gasteiger partial charge is 0.275 e. The van der Waals surface area contributed by atoms with Gasteiger partial charge in [-0.15, -0.1) is 11.3 Å². The van der Waals surface area contributed by atoms with Gasteiger partial charge in [0.2, 0.25) is 0 Å². The average molecular weight is 368 g/mol. The van der Waals surface area contributed by atoms with Gasteiger partial charge in [0.15, 0.2) is 0 Å². The van der Waals surface area contributed by atoms with Crippen molar-refractivity contribution in [1.29, 1.82) is 0 Å². The molecule has 1 heterocycles. The molecule has 0 aliphatic carbocycles. The van der Waals surface area contributed by atoms with Crippen molar-refractivity contribution in [1.82, 2.24) is 4.98 Å². The number of aromatic nitrogens is 1. The number of benzene rings is 2. The van der Waals surface area contributed by atoms with Crippen molar-refractivity contribution in [3.05, 3.63) is 70.2 Å². The predicted molar refractivity (Wildman–Crippen MR) is 103 cm³/mol. The Balaban J connectivity index is 1.61. The molecule has 3 aromatic rings. The van der Waals surface area contributed by atoms with Crippen LogP contribution in [-0.4, -0.2) is 24.6 Å². The number of ether oxygens (including phenoxy) is 2. The predicted octanol–water partition coefficient (Wildman–Crippen LogP) is 4.39. The third kappa shape index (κ3) is 4.61. The van der Waals surface area contributed by atoms with Gasteiger partial charge in [0.1, 0.15) is 17.2 Å². The number of thiazole rings is 1. The summed E-state index contributed by atoms with van der Waals surface area (Å²) in [5.74, 6) is 1.38. The van der Waals surface area contributed by atoms with Gasteiger partial charge in [-0.2, -0.15) is 0 Å². The molecule has 0 radical (unpaired) electrons. The van der Waals surface area contributed by atoms with Crippen LogP contribution >= 0.6 is 11.3 Å². The minimum absolute atomic E-state index is 0.216. The Bertz CT molecular complexity index is 858. The normalized spacial score (nSPS) is 10.4. The van der Waals surface area contributed by atoms with E-state index in [0.717, 1.165) is 22.1 Å². The highest BCUT2D eigenvalue weighted by Crippen LogP contribution is 2.19. The maximum absolute atomic E-state index is 12.4. The molecule has 26 heavy (non-hydrogen) atoms. The zero-order valence-corrected chi connectivity index (χ0v) is 15.5. The van der Waals surface area contributed by atoms with E-state index >= 15 is 0 Å². The second kappa shape index (κ2) is 8.49. The van der Waals surface area contributed by atoms with E-state index in [-0.39, 0.29) is 5.91 Å². The molecular weight excluding hydrogens is 348 g/mol. The standard InChI is InChI=1S/C20H20N2O3S/c1-3-25-17-10-6-15(7-11-17)21-20(23)18-13-26-19(22-18)12-14-4-8-16(24-2)9-5-14/h4-11,13H,3,12H2,1-2H3,(H,21,23). The molecule has 1 aromatic heterocycles. The van der Waals surface area contributed by atoms with Crippen molar-refractivity contribution in [3.63, 3.8) is 0 Å². The fraction of sp³-hybridized carbons (Fsp3) is 0.200. The number of carbonyl (C=O) groups is 1. The Morgan fingerprint density at radius 2 is 1.77 bits per heavy atom. The second-order valence-electron chi connectivity index (χ2n) is 5.56. The molecule has 3 rings (SSSR count). The number of nitrogens with one attached hydrogen (secondary N) is 1. The molecule has 5 nitrogen and oxygen atoms in total. The van der Waals surface area contributed by atoms with Gasteiger partial charge >= 0.3 is 0 Å². The van der Waals surface area contributed by atoms with E-state index < -0.39 is 0 Å². The fourth-order valence-corrected chi connectivity index (χ4v) is 3.22. The second-order valence-corrected chi connectivity index (χ2v) is 6.51. The number of nitrogens with zero attached hydrogens (tertiary/aromatic N) is 1. The Morgan fingerprint density at radius 1 is 1.08 bits per heavy atom. The highest BCUT2D eigenvalue weighted by Gasteiger charge is 2.11. The number of anilines is 1. The first kappa shape index (κ1) is 17.9. The van der Waals surface area contributed by atoms with Gasteiger partial charge in [0, 0.05) is 17.5 Å². The minimum Gasteiger partial charge on any atom is -0.497 e. The van der Waals surface area contributed by atoms with E-state index in [1.807, 2.05) is 55.5 Å². The van der Waals surface area contributed by atoms with Gasteiger partial charge in [-0.25, -0.2) is 4.98 Å². The van der Waals surface area contributed by atoms with Crippen LogP contribution in [0.2, 0.25) is 0 Å². The van der Waals surface area contributed by atoms with Crippen molar-refractivity contribution >= 4 is 22.9 Å². The van der Waals surface area contributed by atoms with Gasteiger partial charge in [-0.3, -0.25) is 4.79 Å². The molecule has 134 valence electrons. The zero-order valence-electron chi connectivity index (χ0n) is 14.7. The Morgan fingerprint density at radius 3 is 2.42 bits per heavy atom. The number of hydrogen-bond donors (Lipinski definition) is 1. The molecule has 0 spiro atoms. The molecule has 2 aromatic carbocycles. The lowest BCUT2D eigenvalue weighted by atomic mass is 10.1. The third-order valence-corrected chi connectivity index (χ3v) is 4.57. The van der Waals surface area contributed by atoms with Crippen LogP contribution < -0.4 is 14.8 Å². The van der Waals surface area contributed by atoms with E-state index in [2.05, 4.69) is 10.3 Å². The van der Waals surface area contributed by atoms with Crippen molar-refractivity contribution in [2.45, 2.75) is 13.3 Å². The summed E-state index contributed by atoms with van der Waals surface area (Å²) < 4.78 is 10.6. The van der Waals surface area contributed by atoms with Crippen molar-refractivity contribution in [3.8, 4) is 11.5 Å². The van der Waals surface area contributed by atoms with Crippen LogP contribution in [-0.2, 0) is 6.42 Å². The van der Waals surface area contributed by atoms with Gasteiger partial charge in [-0.05, 0) is 48.9 Å². The van der Waals surface area contributed by atoms with Crippen LogP contribution in [0.1, 0.15) is 28.0 Å². The highest BCUT2D eigenvalue weighted by atomic mass is 32.1. The molecule has 0 saturated heterocycles. The number of hydrogen-bond acceptors (Lipinski definition) is 5. The molecule has 0 atom stereocenters. The molecule has 0 aliphatic heterocycles. The van der Waals surface area contributed by atoms with Crippen LogP contribution in [0.3, 0.4) is 0 Å². The monoisotopic (exact) mass is 368 g/mol. The zero-order chi connectivity index (χ0) is 18.4. The summed E-state index contributed by atoms with van der Waals surface area (Å²) in [6.07, 6.45) is 0.686. The molecule has 0 bridgehead atoms. The van der Waals surface area contributed by atoms with Crippen molar-refractivity contribution in [2.75, 3.05) is 19.0 Å². The lowest BCUT2D eigenvalue weighted by Gasteiger charge is -2.06. The summed E-state index contributed by atoms with van der Waals surface area (Å²) in [5.41, 5.74) is 2.26. The van der Waals surface area contributed by atoms with E-state index in [0.29, 0.717) is 24.4 Å². The largest absolute Gasteiger partial charge is 0.497 e. The summed E-state index contributed by atoms with van der Waals surface area (Å²) in [7, 11) is 1.64. The summed E-state index contributed by atoms with van der Waals surface area (Å²) in [5, 5.41) is 5.53. The SMILES string of the molecule is CCOc1ccc(NC(=O)c2csc(Cc3ccc(OC)cc3)n2)cc1. The average Bonchev–Trinajstić information content (AvgIpc) is 3.13. The lowest BCUT2D eigenvalue weighted by molar-refractivity contribution is 0.102. The molecule has 0 saturated carbocycles. The third-order valence-electron chi connectivity index (χ3n) is 3.72. The Hall–Kier alpha value is -2.86. The fourth-order valence-electron chi connectivity index (χ4n) is 2.41. The van der Waals surface area contributed by atoms with E-state index in [1.165, 1.54) is 11.3 Å². The molecule has 1 N–H and O–H groups in total. The minimum atomic E-state index is -0.216. The van der Waals surface area contributed by atoms with E-state index in [1.54, 1.807) is 12.5 Å². The highest BCUT2D eigenvalue weighted by molar-refractivity contribution is 7.09. The summed E-state index contributed by atoms with van der Waals surface area (Å²) >= 11 is 1.48. The maximum Gasteiger partial charge on any atom is 0.275 e. The number of carbonyl (C=O) groups excluding carboxylic acids is 1. The summed E-state index contributed by atoms with van der Waals surface area (Å²) in [6, 6.07) is 15.1. The Kier molecular flexibility index (Phi) is 5.86. The van der Waals surface area contributed by atoms with Crippen LogP contribution in [0.25, 0.3) is 0 Å². The van der Waals surface area contributed by atoms with Crippen molar-refractivity contribution < 1.29 is 14.3 Å². The molecule has 6 heteroatoms. The maximum atomic E-state index is 12.4. The first-order chi connectivity index (χ1) is 12.7. The molecule has 1 amide bonds. The van der Waals surface area contributed by atoms with Crippen LogP contribution in [0.15, 0.2) is 53.9 Å². The van der Waals surface area contributed by atoms with Crippen LogP contribution in [0.4, 0.5) is 5.69 Å². The van der Waals surface area contributed by atoms with Gasteiger partial charge in [0.25, 0.3) is 5.91 Å². The first-order valence-electron chi connectivity index (χ1n) is 8.29. The molecule has 0 fully saturated rings. The first-order valence-corrected chi connectivity index (χ1v) is 9.17. The number of methoxy groups -OCH3 is 1. The van der Waals surface area contributed by atoms with Gasteiger partial charge in [0.05, 0.1) is 18.7 Å².